The third kappa shape index (κ3) is 16.4. The number of aromatic hydroxyl groups is 1. The van der Waals surface area contributed by atoms with Crippen LogP contribution < -0.4 is 43.8 Å². The molecule has 4 atom stereocenters. The summed E-state index contributed by atoms with van der Waals surface area (Å²) in [7, 11) is 1.46. The molecular weight excluding hydrogens is 731 g/mol. The maximum atomic E-state index is 13.7. The molecule has 0 aliphatic carbocycles. The molecule has 0 saturated heterocycles. The van der Waals surface area contributed by atoms with Gasteiger partial charge in [-0.1, -0.05) is 67.1 Å². The normalized spacial score (nSPS) is 12.9. The number of benzene rings is 3. The Morgan fingerprint density at radius 2 is 1.21 bits per heavy atom. The number of nitrogens with two attached hydrogens (primary N) is 3. The van der Waals surface area contributed by atoms with Crippen LogP contribution in [-0.4, -0.2) is 103 Å². The molecule has 16 nitrogen and oxygen atoms in total. The Hall–Kier alpha value is -5.84. The van der Waals surface area contributed by atoms with E-state index in [4.69, 9.17) is 17.2 Å². The van der Waals surface area contributed by atoms with Crippen molar-refractivity contribution < 1.29 is 33.9 Å². The van der Waals surface area contributed by atoms with Gasteiger partial charge >= 0.3 is 0 Å². The van der Waals surface area contributed by atoms with Crippen molar-refractivity contribution in [3.8, 4) is 5.75 Å². The Morgan fingerprint density at radius 3 is 1.84 bits per heavy atom. The van der Waals surface area contributed by atoms with Crippen molar-refractivity contribution in [3.05, 3.63) is 96.1 Å². The number of unbranched alkanes of at least 4 members (excludes halogenated alkanes) is 2. The van der Waals surface area contributed by atoms with Gasteiger partial charge in [0.1, 0.15) is 23.9 Å². The van der Waals surface area contributed by atoms with Gasteiger partial charge in [0.15, 0.2) is 0 Å². The molecule has 0 radical (unpaired) electrons. The Bertz CT molecular complexity index is 1730. The molecule has 0 aliphatic heterocycles. The van der Waals surface area contributed by atoms with Crippen molar-refractivity contribution in [3.63, 3.8) is 0 Å². The fourth-order valence-electron chi connectivity index (χ4n) is 5.92. The molecule has 3 aromatic rings. The van der Waals surface area contributed by atoms with Crippen LogP contribution in [0.25, 0.3) is 0 Å². The van der Waals surface area contributed by atoms with Gasteiger partial charge in [-0.2, -0.15) is 0 Å². The molecule has 57 heavy (non-hydrogen) atoms. The highest BCUT2D eigenvalue weighted by Crippen LogP contribution is 2.15. The van der Waals surface area contributed by atoms with E-state index in [1.54, 1.807) is 60.7 Å². The second-order valence-electron chi connectivity index (χ2n) is 13.7. The number of nitrogens with one attached hydrogen (secondary N) is 5. The molecule has 12 N–H and O–H groups in total. The van der Waals surface area contributed by atoms with Crippen LogP contribution in [0.15, 0.2) is 84.9 Å². The molecule has 16 heteroatoms. The molecule has 0 saturated carbocycles. The van der Waals surface area contributed by atoms with E-state index in [1.165, 1.54) is 24.1 Å². The number of rotatable bonds is 24. The first-order chi connectivity index (χ1) is 27.4. The topological polar surface area (TPSA) is 264 Å². The van der Waals surface area contributed by atoms with Crippen LogP contribution in [0.5, 0.6) is 5.75 Å². The van der Waals surface area contributed by atoms with Crippen LogP contribution in [-0.2, 0) is 41.6 Å². The number of hydrogen-bond donors (Lipinski definition) is 9. The van der Waals surface area contributed by atoms with Crippen molar-refractivity contribution in [2.24, 2.45) is 17.2 Å². The Labute approximate surface area is 333 Å². The van der Waals surface area contributed by atoms with Crippen molar-refractivity contribution >= 4 is 41.1 Å². The molecule has 0 spiro atoms. The second-order valence-corrected chi connectivity index (χ2v) is 13.7. The summed E-state index contributed by atoms with van der Waals surface area (Å²) >= 11 is 0. The van der Waals surface area contributed by atoms with Gasteiger partial charge in [-0.15, -0.1) is 0 Å². The van der Waals surface area contributed by atoms with Gasteiger partial charge in [0.2, 0.25) is 35.4 Å². The van der Waals surface area contributed by atoms with Gasteiger partial charge in [0.05, 0.1) is 19.1 Å². The average molecular weight is 788 g/mol. The fourth-order valence-corrected chi connectivity index (χ4v) is 5.92. The number of hydrogen-bond acceptors (Lipinski definition) is 10. The average Bonchev–Trinajstić information content (AvgIpc) is 3.21. The van der Waals surface area contributed by atoms with Gasteiger partial charge in [0.25, 0.3) is 0 Å². The van der Waals surface area contributed by atoms with Gasteiger partial charge in [-0.3, -0.25) is 28.8 Å². The lowest BCUT2D eigenvalue weighted by atomic mass is 10.0. The standard InChI is InChI=1S/C41H57N9O7/c1-50(41(57)32(44)16-8-10-22-42)35(25-29-18-20-31(51)21-19-29)40(56)46-26-36(52)45-27-37(53)48-34(24-28-12-4-2-5-13-28)39(55)49-33(17-9-11-23-43)38(54)47-30-14-6-3-7-15-30/h2-7,12-15,18-21,32-35,51H,8-11,16-17,22-27,42-44H2,1H3,(H,45,52)(H,46,56)(H,47,54)(H,48,53)(H,49,55)/t32-,33+,34-,35-/m0/s1. The molecule has 0 unspecified atom stereocenters. The first kappa shape index (κ1) is 45.5. The van der Waals surface area contributed by atoms with Crippen molar-refractivity contribution in [2.75, 3.05) is 38.5 Å². The Balaban J connectivity index is 1.64. The minimum Gasteiger partial charge on any atom is -0.508 e. The number of amides is 6. The molecule has 3 aromatic carbocycles. The van der Waals surface area contributed by atoms with E-state index in [9.17, 15) is 33.9 Å². The van der Waals surface area contributed by atoms with E-state index >= 15 is 0 Å². The number of likely N-dealkylation sites (N-methyl/N-ethyl adjacent to an activating group) is 1. The van der Waals surface area contributed by atoms with E-state index in [0.29, 0.717) is 62.9 Å². The molecule has 308 valence electrons. The third-order valence-electron chi connectivity index (χ3n) is 9.19. The van der Waals surface area contributed by atoms with Crippen LogP contribution in [0.3, 0.4) is 0 Å². The molecule has 0 aromatic heterocycles. The monoisotopic (exact) mass is 787 g/mol. The largest absolute Gasteiger partial charge is 0.508 e. The minimum atomic E-state index is -1.10. The summed E-state index contributed by atoms with van der Waals surface area (Å²) in [6.45, 7) is -0.154. The first-order valence-corrected chi connectivity index (χ1v) is 19.2. The van der Waals surface area contributed by atoms with Crippen LogP contribution >= 0.6 is 0 Å². The quantitative estimate of drug-likeness (QED) is 0.0566. The lowest BCUT2D eigenvalue weighted by Gasteiger charge is -2.29. The Morgan fingerprint density at radius 1 is 0.632 bits per heavy atom. The summed E-state index contributed by atoms with van der Waals surface area (Å²) in [6, 6.07) is 20.1. The zero-order valence-electron chi connectivity index (χ0n) is 32.5. The number of carbonyl (C=O) groups is 6. The fraction of sp³-hybridized carbons (Fsp3) is 0.415. The number of anilines is 1. The summed E-state index contributed by atoms with van der Waals surface area (Å²) < 4.78 is 0. The highest BCUT2D eigenvalue weighted by atomic mass is 16.3. The Kier molecular flexibility index (Phi) is 19.7. The lowest BCUT2D eigenvalue weighted by molar-refractivity contribution is -0.140. The maximum absolute atomic E-state index is 13.7. The molecular formula is C41H57N9O7. The van der Waals surface area contributed by atoms with Crippen molar-refractivity contribution in [1.82, 2.24) is 26.2 Å². The number of nitrogens with zero attached hydrogens (tertiary/aromatic N) is 1. The maximum Gasteiger partial charge on any atom is 0.246 e. The smallest absolute Gasteiger partial charge is 0.246 e. The number of carbonyl (C=O) groups excluding carboxylic acids is 6. The molecule has 0 bridgehead atoms. The molecule has 3 rings (SSSR count). The zero-order chi connectivity index (χ0) is 41.6. The van der Waals surface area contributed by atoms with E-state index in [2.05, 4.69) is 26.6 Å². The molecule has 6 amide bonds. The highest BCUT2D eigenvalue weighted by Gasteiger charge is 2.31. The van der Waals surface area contributed by atoms with Crippen LogP contribution in [0.2, 0.25) is 0 Å². The van der Waals surface area contributed by atoms with Crippen molar-refractivity contribution in [2.45, 2.75) is 75.5 Å². The second kappa shape index (κ2) is 24.6. The van der Waals surface area contributed by atoms with Gasteiger partial charge < -0.3 is 53.8 Å². The third-order valence-corrected chi connectivity index (χ3v) is 9.19. The van der Waals surface area contributed by atoms with E-state index in [-0.39, 0.29) is 18.6 Å². The predicted molar refractivity (Wildman–Crippen MR) is 217 cm³/mol. The van der Waals surface area contributed by atoms with Crippen LogP contribution in [0.4, 0.5) is 5.69 Å². The summed E-state index contributed by atoms with van der Waals surface area (Å²) in [4.78, 5) is 80.9. The number of phenolic OH excluding ortho intramolecular Hbond substituents is 1. The van der Waals surface area contributed by atoms with Gasteiger partial charge in [-0.25, -0.2) is 0 Å². The summed E-state index contributed by atoms with van der Waals surface area (Å²) in [5.41, 5.74) is 19.3. The van der Waals surface area contributed by atoms with E-state index in [0.717, 1.165) is 5.56 Å². The number of phenols is 1. The molecule has 0 aliphatic rings. The lowest BCUT2D eigenvalue weighted by Crippen LogP contribution is -2.55. The van der Waals surface area contributed by atoms with Gasteiger partial charge in [0, 0.05) is 25.6 Å². The van der Waals surface area contributed by atoms with Crippen LogP contribution in [0, 0.1) is 0 Å². The van der Waals surface area contributed by atoms with E-state index in [1.807, 2.05) is 12.1 Å². The number of para-hydroxylation sites is 1. The molecule has 0 heterocycles. The summed E-state index contributed by atoms with van der Waals surface area (Å²) in [5, 5.41) is 23.0. The summed E-state index contributed by atoms with van der Waals surface area (Å²) in [6.07, 6.45) is 3.42. The van der Waals surface area contributed by atoms with Crippen LogP contribution in [0.1, 0.15) is 49.7 Å². The molecule has 0 fully saturated rings. The summed E-state index contributed by atoms with van der Waals surface area (Å²) in [5.74, 6) is -3.45. The van der Waals surface area contributed by atoms with Crippen molar-refractivity contribution in [1.29, 1.82) is 0 Å². The zero-order valence-corrected chi connectivity index (χ0v) is 32.5. The SMILES string of the molecule is CN(C(=O)[C@@H](N)CCCCN)[C@@H](Cc1ccc(O)cc1)C(=O)NCC(=O)NCC(=O)N[C@@H](Cc1ccccc1)C(=O)N[C@H](CCCCN)C(=O)Nc1ccccc1. The predicted octanol–water partition coefficient (Wildman–Crippen LogP) is 0.430. The van der Waals surface area contributed by atoms with Gasteiger partial charge in [-0.05, 0) is 80.6 Å². The minimum absolute atomic E-state index is 0.0348. The van der Waals surface area contributed by atoms with E-state index < -0.39 is 72.7 Å². The highest BCUT2D eigenvalue weighted by molar-refractivity contribution is 5.99. The first-order valence-electron chi connectivity index (χ1n) is 19.2.